The van der Waals surface area contributed by atoms with Gasteiger partial charge in [-0.15, -0.1) is 0 Å². The van der Waals surface area contributed by atoms with Gasteiger partial charge in [-0.25, -0.2) is 0 Å². The van der Waals surface area contributed by atoms with Crippen LogP contribution in [0.15, 0.2) is 36.4 Å². The molecule has 0 bridgehead atoms. The van der Waals surface area contributed by atoms with Crippen molar-refractivity contribution in [3.63, 3.8) is 0 Å². The minimum absolute atomic E-state index is 0.639. The van der Waals surface area contributed by atoms with E-state index >= 15 is 0 Å². The van der Waals surface area contributed by atoms with E-state index in [1.807, 2.05) is 0 Å². The molecule has 0 saturated heterocycles. The van der Waals surface area contributed by atoms with Gasteiger partial charge in [0.15, 0.2) is 0 Å². The summed E-state index contributed by atoms with van der Waals surface area (Å²) < 4.78 is 3.87. The van der Waals surface area contributed by atoms with Gasteiger partial charge in [0, 0.05) is 0 Å². The van der Waals surface area contributed by atoms with Crippen LogP contribution in [0.4, 0.5) is 0 Å². The second-order valence-electron chi connectivity index (χ2n) is 7.52. The zero-order valence-corrected chi connectivity index (χ0v) is 17.4. The molecule has 2 aliphatic rings. The van der Waals surface area contributed by atoms with Crippen molar-refractivity contribution in [2.24, 2.45) is 0 Å². The Bertz CT molecular complexity index is 881. The Morgan fingerprint density at radius 1 is 0.680 bits per heavy atom. The zero-order valence-electron chi connectivity index (χ0n) is 15.9. The molecule has 2 aromatic carbocycles. The standard InChI is InChI=1S/2C11H11.C2H4.Ti/c2*1-8-6-7-9(2)11-5-3-4-10(8)11;1-2;/h2*3-7H,1-2H3;1H,2H3;. The quantitative estimate of drug-likeness (QED) is 0.558. The molecule has 0 saturated carbocycles. The molecule has 2 atom stereocenters. The third-order valence-corrected chi connectivity index (χ3v) is 10.8. The molecule has 4 rings (SSSR count). The summed E-state index contributed by atoms with van der Waals surface area (Å²) in [4.78, 5) is 0. The molecule has 2 aromatic rings. The van der Waals surface area contributed by atoms with Crippen LogP contribution < -0.4 is 0 Å². The van der Waals surface area contributed by atoms with Crippen LogP contribution in [0.1, 0.15) is 59.9 Å². The molecule has 0 spiro atoms. The molecule has 0 fully saturated rings. The van der Waals surface area contributed by atoms with Gasteiger partial charge in [-0.2, -0.15) is 0 Å². The van der Waals surface area contributed by atoms with E-state index in [1.54, 1.807) is 11.1 Å². The Kier molecular flexibility index (Phi) is 4.30. The summed E-state index contributed by atoms with van der Waals surface area (Å²) in [5.74, 6) is 0. The van der Waals surface area contributed by atoms with Gasteiger partial charge in [0.05, 0.1) is 0 Å². The van der Waals surface area contributed by atoms with E-state index in [0.717, 1.165) is 0 Å². The topological polar surface area (TPSA) is 0 Å². The number of benzene rings is 2. The summed E-state index contributed by atoms with van der Waals surface area (Å²) >= 11 is -1.52. The van der Waals surface area contributed by atoms with Gasteiger partial charge >= 0.3 is 158 Å². The average Bonchev–Trinajstić information content (AvgIpc) is 3.22. The summed E-state index contributed by atoms with van der Waals surface area (Å²) in [5, 5.41) is 0. The van der Waals surface area contributed by atoms with E-state index in [1.165, 1.54) is 33.4 Å². The predicted octanol–water partition coefficient (Wildman–Crippen LogP) is 6.20. The molecule has 0 nitrogen and oxygen atoms in total. The molecule has 0 N–H and O–H groups in total. The fraction of sp³-hybridized carbons (Fsp3) is 0.292. The molecule has 0 radical (unpaired) electrons. The number of allylic oxidation sites excluding steroid dienone is 2. The van der Waals surface area contributed by atoms with E-state index in [9.17, 15) is 0 Å². The molecule has 0 amide bonds. The SMILES string of the molecule is C[CH]=[Ti]([CH]1C=Cc2c(C)ccc(C)c21)[CH]1C=Cc2c(C)ccc(C)c21. The maximum absolute atomic E-state index is 2.60. The van der Waals surface area contributed by atoms with Crippen LogP contribution in [0.3, 0.4) is 0 Å². The fourth-order valence-corrected chi connectivity index (χ4v) is 9.62. The molecule has 126 valence electrons. The molecule has 0 heterocycles. The van der Waals surface area contributed by atoms with Crippen molar-refractivity contribution in [1.29, 1.82) is 0 Å². The average molecular weight is 362 g/mol. The van der Waals surface area contributed by atoms with Gasteiger partial charge in [0.2, 0.25) is 0 Å². The summed E-state index contributed by atoms with van der Waals surface area (Å²) in [6, 6.07) is 9.17. The van der Waals surface area contributed by atoms with E-state index < -0.39 is 17.4 Å². The Balaban J connectivity index is 1.83. The Morgan fingerprint density at radius 2 is 1.08 bits per heavy atom. The van der Waals surface area contributed by atoms with Crippen molar-refractivity contribution in [2.45, 2.75) is 43.1 Å². The molecule has 2 unspecified atom stereocenters. The summed E-state index contributed by atoms with van der Waals surface area (Å²) in [6.45, 7) is 11.4. The van der Waals surface area contributed by atoms with Crippen molar-refractivity contribution in [2.75, 3.05) is 0 Å². The monoisotopic (exact) mass is 362 g/mol. The first-order chi connectivity index (χ1) is 12.0. The first kappa shape index (κ1) is 16.9. The van der Waals surface area contributed by atoms with Crippen LogP contribution in [0.25, 0.3) is 12.2 Å². The van der Waals surface area contributed by atoms with Crippen molar-refractivity contribution >= 4 is 16.5 Å². The number of fused-ring (bicyclic) bond motifs is 2. The number of aryl methyl sites for hydroxylation is 4. The van der Waals surface area contributed by atoms with Crippen LogP contribution in [0, 0.1) is 27.7 Å². The van der Waals surface area contributed by atoms with E-state index in [4.69, 9.17) is 0 Å². The second kappa shape index (κ2) is 6.34. The molecular weight excluding hydrogens is 336 g/mol. The molecule has 1 heteroatoms. The summed E-state index contributed by atoms with van der Waals surface area (Å²) in [7, 11) is 0. The third-order valence-electron chi connectivity index (χ3n) is 6.03. The van der Waals surface area contributed by atoms with Crippen LogP contribution in [0.5, 0.6) is 0 Å². The fourth-order valence-electron chi connectivity index (χ4n) is 4.66. The van der Waals surface area contributed by atoms with Crippen molar-refractivity contribution in [1.82, 2.24) is 0 Å². The maximum atomic E-state index is 2.60. The minimum atomic E-state index is -1.52. The Hall–Kier alpha value is -1.50. The normalized spacial score (nSPS) is 19.9. The second-order valence-corrected chi connectivity index (χ2v) is 11.9. The molecule has 0 aromatic heterocycles. The summed E-state index contributed by atoms with van der Waals surface area (Å²) in [6.07, 6.45) is 9.80. The van der Waals surface area contributed by atoms with Crippen LogP contribution in [0.2, 0.25) is 0 Å². The van der Waals surface area contributed by atoms with Crippen molar-refractivity contribution in [3.8, 4) is 0 Å². The first-order valence-corrected chi connectivity index (χ1v) is 12.0. The van der Waals surface area contributed by atoms with Crippen molar-refractivity contribution < 1.29 is 17.4 Å². The van der Waals surface area contributed by atoms with Crippen LogP contribution in [-0.2, 0) is 17.4 Å². The Morgan fingerprint density at radius 3 is 1.48 bits per heavy atom. The van der Waals surface area contributed by atoms with Gasteiger partial charge in [-0.1, -0.05) is 0 Å². The zero-order chi connectivity index (χ0) is 17.7. The van der Waals surface area contributed by atoms with Crippen LogP contribution in [-0.4, -0.2) is 4.31 Å². The van der Waals surface area contributed by atoms with Gasteiger partial charge in [0.1, 0.15) is 0 Å². The van der Waals surface area contributed by atoms with Gasteiger partial charge in [-0.05, 0) is 0 Å². The van der Waals surface area contributed by atoms with Crippen LogP contribution >= 0.6 is 0 Å². The first-order valence-electron chi connectivity index (χ1n) is 9.25. The number of hydrogen-bond acceptors (Lipinski definition) is 0. The predicted molar refractivity (Wildman–Crippen MR) is 107 cm³/mol. The molecule has 0 aliphatic heterocycles. The third kappa shape index (κ3) is 2.58. The van der Waals surface area contributed by atoms with E-state index in [-0.39, 0.29) is 0 Å². The number of hydrogen-bond donors (Lipinski definition) is 0. The molecule has 25 heavy (non-hydrogen) atoms. The van der Waals surface area contributed by atoms with Gasteiger partial charge in [0.25, 0.3) is 0 Å². The van der Waals surface area contributed by atoms with Crippen molar-refractivity contribution in [3.05, 3.63) is 80.9 Å². The Labute approximate surface area is 157 Å². The van der Waals surface area contributed by atoms with E-state index in [0.29, 0.717) is 8.45 Å². The summed E-state index contributed by atoms with van der Waals surface area (Å²) in [5.41, 5.74) is 12.0. The van der Waals surface area contributed by atoms with Gasteiger partial charge < -0.3 is 0 Å². The number of rotatable bonds is 2. The molecule has 2 aliphatic carbocycles. The molecular formula is C24H26Ti. The van der Waals surface area contributed by atoms with Gasteiger partial charge in [-0.3, -0.25) is 0 Å². The van der Waals surface area contributed by atoms with E-state index in [2.05, 4.69) is 87.5 Å².